The summed E-state index contributed by atoms with van der Waals surface area (Å²) in [5.74, 6) is -8.68. The van der Waals surface area contributed by atoms with Gasteiger partial charge in [0.25, 0.3) is 0 Å². The third-order valence-electron chi connectivity index (χ3n) is 15.5. The lowest BCUT2D eigenvalue weighted by Gasteiger charge is -2.58. The SMILES string of the molecule is C=C1CC[C@H]2[C@@]3(C)CCC[C@]2(C)C1CO[C@H](C(CC(=O)O)C(=O)OC)C(=O)OC[C@]1(C)CCC[C@]2(C)[C@@H](CO[C@H](C(CC(=O)OC)C(=O)OC)C(=O)OC3)C(=C)CC[C@@H]12. The molecule has 1 saturated heterocycles. The van der Waals surface area contributed by atoms with E-state index < -0.39 is 94.4 Å². The van der Waals surface area contributed by atoms with Crippen LogP contribution < -0.4 is 0 Å². The second kappa shape index (κ2) is 18.5. The van der Waals surface area contributed by atoms with Gasteiger partial charge in [0, 0.05) is 22.7 Å². The molecule has 3 unspecified atom stereocenters. The van der Waals surface area contributed by atoms with Gasteiger partial charge in [-0.1, -0.05) is 64.8 Å². The lowest BCUT2D eigenvalue weighted by molar-refractivity contribution is -0.189. The third-order valence-corrected chi connectivity index (χ3v) is 15.5. The molecule has 8 bridgehead atoms. The number of carbonyl (C=O) groups is 6. The number of cyclic esters (lactones) is 2. The number of rotatable bonds is 8. The van der Waals surface area contributed by atoms with E-state index >= 15 is 0 Å². The minimum atomic E-state index is -1.55. The topological polar surface area (TPSA) is 187 Å². The lowest BCUT2D eigenvalue weighted by atomic mass is 9.47. The molecule has 0 spiro atoms. The van der Waals surface area contributed by atoms with Crippen LogP contribution in [-0.2, 0) is 61.9 Å². The molecule has 1 aliphatic heterocycles. The van der Waals surface area contributed by atoms with Crippen LogP contribution in [0.4, 0.5) is 0 Å². The molecule has 330 valence electrons. The highest BCUT2D eigenvalue weighted by Crippen LogP contribution is 2.63. The summed E-state index contributed by atoms with van der Waals surface area (Å²) in [6, 6.07) is 0. The van der Waals surface area contributed by atoms with Gasteiger partial charge in [-0.2, -0.15) is 0 Å². The number of hydrogen-bond acceptors (Lipinski definition) is 13. The van der Waals surface area contributed by atoms with Crippen LogP contribution in [0.25, 0.3) is 0 Å². The largest absolute Gasteiger partial charge is 0.481 e. The number of methoxy groups -OCH3 is 3. The molecule has 4 aliphatic carbocycles. The molecule has 12 atom stereocenters. The Labute approximate surface area is 348 Å². The Morgan fingerprint density at radius 2 is 1.08 bits per heavy atom. The number of ether oxygens (including phenoxy) is 7. The average molecular weight is 831 g/mol. The maximum absolute atomic E-state index is 14.4. The van der Waals surface area contributed by atoms with Crippen molar-refractivity contribution in [3.63, 3.8) is 0 Å². The summed E-state index contributed by atoms with van der Waals surface area (Å²) >= 11 is 0. The number of hydrogen-bond donors (Lipinski definition) is 1. The van der Waals surface area contributed by atoms with Gasteiger partial charge in [0.05, 0.1) is 60.6 Å². The van der Waals surface area contributed by atoms with Gasteiger partial charge in [-0.25, -0.2) is 9.59 Å². The summed E-state index contributed by atoms with van der Waals surface area (Å²) in [7, 11) is 3.55. The quantitative estimate of drug-likeness (QED) is 0.170. The molecule has 0 aromatic carbocycles. The average Bonchev–Trinajstić information content (AvgIpc) is 3.18. The van der Waals surface area contributed by atoms with Crippen molar-refractivity contribution in [2.75, 3.05) is 47.8 Å². The van der Waals surface area contributed by atoms with Crippen LogP contribution in [0.2, 0.25) is 0 Å². The summed E-state index contributed by atoms with van der Waals surface area (Å²) in [5, 5.41) is 9.88. The van der Waals surface area contributed by atoms with Crippen molar-refractivity contribution < 1.29 is 67.0 Å². The summed E-state index contributed by atoms with van der Waals surface area (Å²) in [4.78, 5) is 80.1. The molecule has 59 heavy (non-hydrogen) atoms. The van der Waals surface area contributed by atoms with Gasteiger partial charge in [0.15, 0.2) is 12.2 Å². The van der Waals surface area contributed by atoms with Gasteiger partial charge in [0.1, 0.15) is 11.8 Å². The number of carboxylic acids is 1. The van der Waals surface area contributed by atoms with Gasteiger partial charge < -0.3 is 38.3 Å². The second-order valence-electron chi connectivity index (χ2n) is 19.0. The molecule has 1 heterocycles. The Morgan fingerprint density at radius 1 is 0.678 bits per heavy atom. The number of esters is 5. The minimum Gasteiger partial charge on any atom is -0.481 e. The minimum absolute atomic E-state index is 0.00377. The van der Waals surface area contributed by atoms with E-state index in [0.717, 1.165) is 69.6 Å². The predicted molar refractivity (Wildman–Crippen MR) is 212 cm³/mol. The van der Waals surface area contributed by atoms with E-state index in [2.05, 4.69) is 40.9 Å². The monoisotopic (exact) mass is 830 g/mol. The van der Waals surface area contributed by atoms with E-state index in [1.54, 1.807) is 0 Å². The van der Waals surface area contributed by atoms with E-state index in [9.17, 15) is 33.9 Å². The molecule has 0 aromatic heterocycles. The first-order valence-electron chi connectivity index (χ1n) is 21.1. The Balaban J connectivity index is 1.60. The fourth-order valence-corrected chi connectivity index (χ4v) is 12.2. The molecule has 14 nitrogen and oxygen atoms in total. The molecule has 14 heteroatoms. The van der Waals surface area contributed by atoms with Gasteiger partial charge >= 0.3 is 35.8 Å². The predicted octanol–water partition coefficient (Wildman–Crippen LogP) is 6.03. The zero-order valence-electron chi connectivity index (χ0n) is 36.1. The van der Waals surface area contributed by atoms with Crippen molar-refractivity contribution in [3.8, 4) is 0 Å². The molecular formula is C45H66O14. The van der Waals surface area contributed by atoms with Crippen molar-refractivity contribution in [3.05, 3.63) is 24.3 Å². The van der Waals surface area contributed by atoms with E-state index in [1.165, 1.54) is 14.2 Å². The summed E-state index contributed by atoms with van der Waals surface area (Å²) in [5.41, 5.74) is -0.164. The first-order valence-corrected chi connectivity index (χ1v) is 21.1. The molecule has 0 radical (unpaired) electrons. The van der Waals surface area contributed by atoms with Crippen LogP contribution in [0.15, 0.2) is 24.3 Å². The van der Waals surface area contributed by atoms with Crippen molar-refractivity contribution in [2.24, 2.45) is 57.2 Å². The maximum Gasteiger partial charge on any atom is 0.336 e. The fourth-order valence-electron chi connectivity index (χ4n) is 12.2. The number of aliphatic carboxylic acids is 1. The first kappa shape index (κ1) is 46.3. The molecule has 4 saturated carbocycles. The number of carboxylic acid groups (broad SMARTS) is 1. The fraction of sp³-hybridized carbons (Fsp3) is 0.778. The Morgan fingerprint density at radius 3 is 1.46 bits per heavy atom. The van der Waals surface area contributed by atoms with Crippen molar-refractivity contribution >= 4 is 35.8 Å². The van der Waals surface area contributed by atoms with Crippen LogP contribution in [-0.4, -0.2) is 101 Å². The highest BCUT2D eigenvalue weighted by molar-refractivity contribution is 5.88. The van der Waals surface area contributed by atoms with Gasteiger partial charge in [0.2, 0.25) is 0 Å². The Hall–Kier alpha value is -3.78. The van der Waals surface area contributed by atoms with Gasteiger partial charge in [-0.15, -0.1) is 0 Å². The third kappa shape index (κ3) is 9.28. The zero-order chi connectivity index (χ0) is 43.5. The molecular weight excluding hydrogens is 764 g/mol. The maximum atomic E-state index is 14.4. The first-order chi connectivity index (χ1) is 27.8. The van der Waals surface area contributed by atoms with Crippen LogP contribution in [0.5, 0.6) is 0 Å². The van der Waals surface area contributed by atoms with Crippen LogP contribution >= 0.6 is 0 Å². The van der Waals surface area contributed by atoms with E-state index in [0.29, 0.717) is 12.8 Å². The van der Waals surface area contributed by atoms with Gasteiger partial charge in [-0.3, -0.25) is 19.2 Å². The summed E-state index contributed by atoms with van der Waals surface area (Å²) in [6.45, 7) is 17.3. The molecule has 5 rings (SSSR count). The van der Waals surface area contributed by atoms with E-state index in [-0.39, 0.29) is 50.1 Å². The van der Waals surface area contributed by atoms with Crippen LogP contribution in [0, 0.1) is 57.2 Å². The standard InChI is InChI=1S/C45H66O14/c1-26-12-14-33-43(4)17-11-18-44(33,5)30(26)22-56-36(28(20-34(46)47)38(49)54-8)40(51)58-24-42(3)16-10-19-45(6)31(27(2)13-15-32(42)45)23-57-37(41(52)59-25-43)29(39(50)55-9)21-35(48)53-7/h28-33,36-37H,1-2,10-25H2,3-9H3,(H,46,47)/t28?,29?,30?,31-,32-,33-,36+,37+,42-,43-,44+,45+/m0/s1. The van der Waals surface area contributed by atoms with Crippen molar-refractivity contribution in [1.82, 2.24) is 0 Å². The van der Waals surface area contributed by atoms with E-state index in [4.69, 9.17) is 33.2 Å². The summed E-state index contributed by atoms with van der Waals surface area (Å²) in [6.07, 6.45) is 3.12. The molecule has 1 N–H and O–H groups in total. The molecule has 5 fully saturated rings. The Bertz CT molecular complexity index is 1660. The lowest BCUT2D eigenvalue weighted by Crippen LogP contribution is -2.55. The van der Waals surface area contributed by atoms with E-state index in [1.807, 2.05) is 0 Å². The zero-order valence-corrected chi connectivity index (χ0v) is 36.1. The van der Waals surface area contributed by atoms with Gasteiger partial charge in [-0.05, 0) is 74.0 Å². The summed E-state index contributed by atoms with van der Waals surface area (Å²) < 4.78 is 40.4. The molecule has 0 aromatic rings. The smallest absolute Gasteiger partial charge is 0.336 e. The van der Waals surface area contributed by atoms with Crippen molar-refractivity contribution in [1.29, 1.82) is 0 Å². The normalized spacial score (nSPS) is 38.0. The van der Waals surface area contributed by atoms with Crippen molar-refractivity contribution in [2.45, 2.75) is 117 Å². The Kier molecular flexibility index (Phi) is 14.5. The molecule has 5 aliphatic rings. The van der Waals surface area contributed by atoms with Crippen LogP contribution in [0.3, 0.4) is 0 Å². The molecule has 0 amide bonds. The number of carbonyl (C=O) groups excluding carboxylic acids is 5. The highest BCUT2D eigenvalue weighted by Gasteiger charge is 2.58. The van der Waals surface area contributed by atoms with Crippen LogP contribution in [0.1, 0.15) is 105 Å². The second-order valence-corrected chi connectivity index (χ2v) is 19.0. The highest BCUT2D eigenvalue weighted by atomic mass is 16.6.